The third-order valence-electron chi connectivity index (χ3n) is 7.65. The predicted octanol–water partition coefficient (Wildman–Crippen LogP) is 4.44. The summed E-state index contributed by atoms with van der Waals surface area (Å²) in [4.78, 5) is 45.8. The first-order valence-corrected chi connectivity index (χ1v) is 16.9. The van der Waals surface area contributed by atoms with Gasteiger partial charge in [-0.25, -0.2) is 4.79 Å². The summed E-state index contributed by atoms with van der Waals surface area (Å²) in [5.74, 6) is 2.63. The van der Waals surface area contributed by atoms with E-state index in [4.69, 9.17) is 4.74 Å². The lowest BCUT2D eigenvalue weighted by molar-refractivity contribution is -0.137. The SMILES string of the molecule is CC(C)(C)OC(=O)N1CCSC1C(=O)N[C@@H](CSCC1CCCCC1)C(=O)N1CCN(Cc2ccccc2)CC1. The summed E-state index contributed by atoms with van der Waals surface area (Å²) in [6.07, 6.45) is 5.92. The number of benzene rings is 1. The summed E-state index contributed by atoms with van der Waals surface area (Å²) in [6, 6.07) is 9.79. The van der Waals surface area contributed by atoms with Crippen LogP contribution in [0, 0.1) is 5.92 Å². The molecule has 1 aliphatic carbocycles. The van der Waals surface area contributed by atoms with Crippen LogP contribution in [0.3, 0.4) is 0 Å². The molecule has 4 rings (SSSR count). The van der Waals surface area contributed by atoms with Crippen LogP contribution in [0.15, 0.2) is 30.3 Å². The van der Waals surface area contributed by atoms with Gasteiger partial charge in [0.1, 0.15) is 11.6 Å². The lowest BCUT2D eigenvalue weighted by Gasteiger charge is -2.37. The molecule has 0 bridgehead atoms. The topological polar surface area (TPSA) is 82.2 Å². The standard InChI is InChI=1S/C30H46N4O4S2/c1-30(2,3)38-29(37)34-18-19-40-28(34)26(35)31-25(22-39-21-24-12-8-5-9-13-24)27(36)33-16-14-32(15-17-33)20-23-10-6-4-7-11-23/h4,6-7,10-11,24-25,28H,5,8-9,12-22H2,1-3H3,(H,31,35)/t25-,28?/m0/s1. The lowest BCUT2D eigenvalue weighted by Crippen LogP contribution is -2.57. The highest BCUT2D eigenvalue weighted by atomic mass is 32.2. The summed E-state index contributed by atoms with van der Waals surface area (Å²) >= 11 is 3.20. The molecule has 2 aliphatic heterocycles. The van der Waals surface area contributed by atoms with Gasteiger partial charge in [-0.1, -0.05) is 49.6 Å². The summed E-state index contributed by atoms with van der Waals surface area (Å²) in [5.41, 5.74) is 0.637. The largest absolute Gasteiger partial charge is 0.444 e. The van der Waals surface area contributed by atoms with Crippen LogP contribution in [-0.4, -0.2) is 99.6 Å². The lowest BCUT2D eigenvalue weighted by atomic mass is 9.91. The number of nitrogens with zero attached hydrogens (tertiary/aromatic N) is 3. The molecule has 3 aliphatic rings. The van der Waals surface area contributed by atoms with Gasteiger partial charge in [-0.2, -0.15) is 11.8 Å². The van der Waals surface area contributed by atoms with Crippen molar-refractivity contribution in [1.82, 2.24) is 20.0 Å². The van der Waals surface area contributed by atoms with Crippen molar-refractivity contribution in [3.8, 4) is 0 Å². The zero-order valence-electron chi connectivity index (χ0n) is 24.3. The van der Waals surface area contributed by atoms with Crippen LogP contribution in [-0.2, 0) is 20.9 Å². The average molecular weight is 591 g/mol. The Kier molecular flexibility index (Phi) is 11.5. The van der Waals surface area contributed by atoms with Crippen molar-refractivity contribution >= 4 is 41.4 Å². The number of carbonyl (C=O) groups is 3. The minimum Gasteiger partial charge on any atom is -0.444 e. The predicted molar refractivity (Wildman–Crippen MR) is 163 cm³/mol. The Hall–Kier alpha value is -1.91. The molecule has 1 unspecified atom stereocenters. The minimum absolute atomic E-state index is 0.0179. The van der Waals surface area contributed by atoms with Crippen molar-refractivity contribution < 1.29 is 19.1 Å². The van der Waals surface area contributed by atoms with Crippen LogP contribution >= 0.6 is 23.5 Å². The normalized spacial score (nSPS) is 21.7. The van der Waals surface area contributed by atoms with E-state index in [9.17, 15) is 14.4 Å². The number of amides is 3. The number of carbonyl (C=O) groups excluding carboxylic acids is 3. The molecule has 40 heavy (non-hydrogen) atoms. The Bertz CT molecular complexity index is 976. The smallest absolute Gasteiger partial charge is 0.411 e. The van der Waals surface area contributed by atoms with E-state index >= 15 is 0 Å². The number of rotatable bonds is 9. The molecule has 2 atom stereocenters. The molecule has 3 amide bonds. The van der Waals surface area contributed by atoms with E-state index in [2.05, 4.69) is 34.5 Å². The van der Waals surface area contributed by atoms with Gasteiger partial charge in [0.15, 0.2) is 5.37 Å². The van der Waals surface area contributed by atoms with Crippen molar-refractivity contribution in [1.29, 1.82) is 0 Å². The molecule has 222 valence electrons. The van der Waals surface area contributed by atoms with Gasteiger partial charge in [-0.05, 0) is 50.8 Å². The van der Waals surface area contributed by atoms with Crippen molar-refractivity contribution in [2.24, 2.45) is 5.92 Å². The monoisotopic (exact) mass is 590 g/mol. The van der Waals surface area contributed by atoms with E-state index in [1.54, 1.807) is 11.8 Å². The Morgan fingerprint density at radius 3 is 2.40 bits per heavy atom. The molecular formula is C30H46N4O4S2. The number of hydrogen-bond acceptors (Lipinski definition) is 7. The number of thioether (sulfide) groups is 2. The number of hydrogen-bond donors (Lipinski definition) is 1. The van der Waals surface area contributed by atoms with Crippen molar-refractivity contribution in [2.75, 3.05) is 50.0 Å². The first-order chi connectivity index (χ1) is 19.2. The fourth-order valence-corrected chi connectivity index (χ4v) is 7.89. The van der Waals surface area contributed by atoms with Crippen molar-refractivity contribution in [2.45, 2.75) is 76.4 Å². The van der Waals surface area contributed by atoms with E-state index < -0.39 is 23.1 Å². The van der Waals surface area contributed by atoms with Gasteiger partial charge in [0.25, 0.3) is 5.91 Å². The van der Waals surface area contributed by atoms with Crippen LogP contribution < -0.4 is 5.32 Å². The first-order valence-electron chi connectivity index (χ1n) is 14.7. The maximum atomic E-state index is 13.8. The number of piperazine rings is 1. The summed E-state index contributed by atoms with van der Waals surface area (Å²) in [5, 5.41) is 2.37. The van der Waals surface area contributed by atoms with E-state index in [0.717, 1.165) is 25.4 Å². The van der Waals surface area contributed by atoms with Gasteiger partial charge >= 0.3 is 6.09 Å². The maximum Gasteiger partial charge on any atom is 0.411 e. The van der Waals surface area contributed by atoms with Crippen LogP contribution in [0.1, 0.15) is 58.4 Å². The Morgan fingerprint density at radius 1 is 1.02 bits per heavy atom. The molecule has 0 aromatic heterocycles. The Labute approximate surface area is 248 Å². The van der Waals surface area contributed by atoms with Crippen LogP contribution in [0.4, 0.5) is 4.79 Å². The summed E-state index contributed by atoms with van der Waals surface area (Å²) in [6.45, 7) is 9.70. The minimum atomic E-state index is -0.684. The highest BCUT2D eigenvalue weighted by Crippen LogP contribution is 2.28. The van der Waals surface area contributed by atoms with Gasteiger partial charge in [0.05, 0.1) is 0 Å². The Balaban J connectivity index is 1.36. The molecule has 3 fully saturated rings. The molecule has 2 saturated heterocycles. The van der Waals surface area contributed by atoms with Gasteiger partial charge in [0.2, 0.25) is 5.91 Å². The zero-order chi connectivity index (χ0) is 28.5. The maximum absolute atomic E-state index is 13.8. The first kappa shape index (κ1) is 31.0. The van der Waals surface area contributed by atoms with Crippen molar-refractivity contribution in [3.63, 3.8) is 0 Å². The molecule has 2 heterocycles. The molecule has 1 N–H and O–H groups in total. The van der Waals surface area contributed by atoms with Gasteiger partial charge in [-0.15, -0.1) is 11.8 Å². The fraction of sp³-hybridized carbons (Fsp3) is 0.700. The second-order valence-corrected chi connectivity index (χ2v) is 14.3. The van der Waals surface area contributed by atoms with Gasteiger partial charge in [0, 0.05) is 50.8 Å². The second kappa shape index (κ2) is 14.8. The molecule has 1 saturated carbocycles. The quantitative estimate of drug-likeness (QED) is 0.456. The van der Waals surface area contributed by atoms with Crippen LogP contribution in [0.2, 0.25) is 0 Å². The molecule has 8 nitrogen and oxygen atoms in total. The molecular weight excluding hydrogens is 544 g/mol. The molecule has 0 spiro atoms. The van der Waals surface area contributed by atoms with Gasteiger partial charge in [-0.3, -0.25) is 19.4 Å². The fourth-order valence-electron chi connectivity index (χ4n) is 5.51. The second-order valence-electron chi connectivity index (χ2n) is 12.1. The van der Waals surface area contributed by atoms with Gasteiger partial charge < -0.3 is 15.0 Å². The molecule has 10 heteroatoms. The highest BCUT2D eigenvalue weighted by molar-refractivity contribution is 8.00. The van der Waals surface area contributed by atoms with Crippen LogP contribution in [0.5, 0.6) is 0 Å². The van der Waals surface area contributed by atoms with E-state index in [0.29, 0.717) is 37.1 Å². The van der Waals surface area contributed by atoms with E-state index in [1.165, 1.54) is 54.3 Å². The summed E-state index contributed by atoms with van der Waals surface area (Å²) < 4.78 is 5.54. The molecule has 1 aromatic carbocycles. The summed E-state index contributed by atoms with van der Waals surface area (Å²) in [7, 11) is 0. The number of ether oxygens (including phenoxy) is 1. The van der Waals surface area contributed by atoms with Crippen molar-refractivity contribution in [3.05, 3.63) is 35.9 Å². The zero-order valence-corrected chi connectivity index (χ0v) is 25.9. The van der Waals surface area contributed by atoms with E-state index in [-0.39, 0.29) is 11.8 Å². The van der Waals surface area contributed by atoms with E-state index in [1.807, 2.05) is 31.7 Å². The highest BCUT2D eigenvalue weighted by Gasteiger charge is 2.39. The average Bonchev–Trinajstić information content (AvgIpc) is 3.44. The Morgan fingerprint density at radius 2 is 1.73 bits per heavy atom. The number of nitrogens with one attached hydrogen (secondary N) is 1. The third kappa shape index (κ3) is 9.31. The van der Waals surface area contributed by atoms with Crippen LogP contribution in [0.25, 0.3) is 0 Å². The molecule has 1 aromatic rings. The molecule has 0 radical (unpaired) electrons. The third-order valence-corrected chi connectivity index (χ3v) is 10.1.